The quantitative estimate of drug-likeness (QED) is 0.653. The summed E-state index contributed by atoms with van der Waals surface area (Å²) >= 11 is 0. The second-order valence-corrected chi connectivity index (χ2v) is 5.81. The van der Waals surface area contributed by atoms with Crippen LogP contribution in [0.15, 0.2) is 18.2 Å². The first-order chi connectivity index (χ1) is 9.94. The molecular formula is C17H29NO3. The van der Waals surface area contributed by atoms with E-state index >= 15 is 0 Å². The maximum absolute atomic E-state index is 10.0. The predicted octanol–water partition coefficient (Wildman–Crippen LogP) is 2.18. The number of hydrogen-bond acceptors (Lipinski definition) is 4. The van der Waals surface area contributed by atoms with Gasteiger partial charge >= 0.3 is 0 Å². The number of hydrogen-bond donors (Lipinski definition) is 3. The van der Waals surface area contributed by atoms with Crippen LogP contribution in [0.5, 0.6) is 5.75 Å². The lowest BCUT2D eigenvalue weighted by Gasteiger charge is -2.32. The number of aliphatic hydroxyl groups is 2. The molecule has 0 bridgehead atoms. The minimum absolute atomic E-state index is 0.0741. The molecule has 0 amide bonds. The largest absolute Gasteiger partial charge is 0.491 e. The molecular weight excluding hydrogens is 266 g/mol. The second kappa shape index (κ2) is 8.37. The minimum Gasteiger partial charge on any atom is -0.491 e. The van der Waals surface area contributed by atoms with E-state index in [1.807, 2.05) is 39.8 Å². The standard InChI is InChI=1S/C17H29NO3/c1-5-17(6-2,12-19)18-10-15(20)11-21-16-8-13(3)7-14(4)9-16/h7-9,15,18-20H,5-6,10-12H2,1-4H3. The highest BCUT2D eigenvalue weighted by Gasteiger charge is 2.25. The van der Waals surface area contributed by atoms with Gasteiger partial charge in [0.05, 0.1) is 6.61 Å². The third-order valence-corrected chi connectivity index (χ3v) is 4.01. The van der Waals surface area contributed by atoms with E-state index in [0.29, 0.717) is 6.54 Å². The molecule has 4 heteroatoms. The summed E-state index contributed by atoms with van der Waals surface area (Å²) in [6, 6.07) is 6.01. The lowest BCUT2D eigenvalue weighted by atomic mass is 9.94. The Bertz CT molecular complexity index is 402. The van der Waals surface area contributed by atoms with Gasteiger partial charge in [0, 0.05) is 12.1 Å². The van der Waals surface area contributed by atoms with Crippen molar-refractivity contribution in [1.82, 2.24) is 5.32 Å². The van der Waals surface area contributed by atoms with Crippen LogP contribution in [0.3, 0.4) is 0 Å². The molecule has 0 saturated heterocycles. The van der Waals surface area contributed by atoms with Gasteiger partial charge in [-0.3, -0.25) is 0 Å². The van der Waals surface area contributed by atoms with Gasteiger partial charge in [-0.2, -0.15) is 0 Å². The molecule has 0 spiro atoms. The van der Waals surface area contributed by atoms with Crippen molar-refractivity contribution < 1.29 is 14.9 Å². The third-order valence-electron chi connectivity index (χ3n) is 4.01. The fourth-order valence-corrected chi connectivity index (χ4v) is 2.38. The van der Waals surface area contributed by atoms with Crippen LogP contribution in [0.4, 0.5) is 0 Å². The van der Waals surface area contributed by atoms with Crippen molar-refractivity contribution in [3.05, 3.63) is 29.3 Å². The van der Waals surface area contributed by atoms with Crippen LogP contribution in [0.1, 0.15) is 37.8 Å². The number of aryl methyl sites for hydroxylation is 2. The summed E-state index contributed by atoms with van der Waals surface area (Å²) in [6.07, 6.45) is 1.05. The maximum atomic E-state index is 10.0. The maximum Gasteiger partial charge on any atom is 0.119 e. The number of aliphatic hydroxyl groups excluding tert-OH is 2. The molecule has 120 valence electrons. The van der Waals surface area contributed by atoms with Gasteiger partial charge in [0.15, 0.2) is 0 Å². The molecule has 0 aromatic heterocycles. The zero-order valence-electron chi connectivity index (χ0n) is 13.6. The molecule has 21 heavy (non-hydrogen) atoms. The van der Waals surface area contributed by atoms with Crippen LogP contribution in [0, 0.1) is 13.8 Å². The molecule has 1 atom stereocenters. The summed E-state index contributed by atoms with van der Waals surface area (Å²) in [5.74, 6) is 0.783. The van der Waals surface area contributed by atoms with Crippen LogP contribution in [-0.4, -0.2) is 41.6 Å². The molecule has 0 fully saturated rings. The molecule has 3 N–H and O–H groups in total. The van der Waals surface area contributed by atoms with Crippen LogP contribution in [0.2, 0.25) is 0 Å². The van der Waals surface area contributed by atoms with Crippen LogP contribution >= 0.6 is 0 Å². The summed E-state index contributed by atoms with van der Waals surface area (Å²) in [6.45, 7) is 8.84. The second-order valence-electron chi connectivity index (χ2n) is 5.81. The molecule has 1 aromatic rings. The van der Waals surface area contributed by atoms with Gasteiger partial charge in [0.25, 0.3) is 0 Å². The zero-order valence-corrected chi connectivity index (χ0v) is 13.6. The summed E-state index contributed by atoms with van der Waals surface area (Å²) < 4.78 is 5.64. The summed E-state index contributed by atoms with van der Waals surface area (Å²) in [7, 11) is 0. The van der Waals surface area contributed by atoms with Crippen molar-refractivity contribution in [2.45, 2.75) is 52.2 Å². The van der Waals surface area contributed by atoms with Crippen LogP contribution in [-0.2, 0) is 0 Å². The fraction of sp³-hybridized carbons (Fsp3) is 0.647. The predicted molar refractivity (Wildman–Crippen MR) is 85.8 cm³/mol. The molecule has 1 rings (SSSR count). The van der Waals surface area contributed by atoms with Gasteiger partial charge in [-0.05, 0) is 49.9 Å². The van der Waals surface area contributed by atoms with E-state index in [0.717, 1.165) is 29.7 Å². The Kier molecular flexibility index (Phi) is 7.15. The highest BCUT2D eigenvalue weighted by Crippen LogP contribution is 2.17. The molecule has 0 aliphatic carbocycles. The van der Waals surface area contributed by atoms with Crippen molar-refractivity contribution >= 4 is 0 Å². The van der Waals surface area contributed by atoms with E-state index in [9.17, 15) is 10.2 Å². The fourth-order valence-electron chi connectivity index (χ4n) is 2.38. The van der Waals surface area contributed by atoms with Crippen molar-refractivity contribution in [3.8, 4) is 5.75 Å². The topological polar surface area (TPSA) is 61.7 Å². The summed E-state index contributed by atoms with van der Waals surface area (Å²) in [5, 5.41) is 22.8. The SMILES string of the molecule is CCC(CC)(CO)NCC(O)COc1cc(C)cc(C)c1. The number of ether oxygens (including phenoxy) is 1. The van der Waals surface area contributed by atoms with E-state index in [4.69, 9.17) is 4.74 Å². The molecule has 0 aliphatic rings. The Morgan fingerprint density at radius 2 is 1.71 bits per heavy atom. The Balaban J connectivity index is 2.45. The van der Waals surface area contributed by atoms with E-state index in [1.54, 1.807) is 0 Å². The van der Waals surface area contributed by atoms with E-state index in [1.165, 1.54) is 0 Å². The molecule has 4 nitrogen and oxygen atoms in total. The molecule has 1 aromatic carbocycles. The highest BCUT2D eigenvalue weighted by molar-refractivity contribution is 5.32. The lowest BCUT2D eigenvalue weighted by molar-refractivity contribution is 0.0812. The Morgan fingerprint density at radius 3 is 2.19 bits per heavy atom. The molecule has 0 radical (unpaired) electrons. The van der Waals surface area contributed by atoms with E-state index in [2.05, 4.69) is 11.4 Å². The Morgan fingerprint density at radius 1 is 1.14 bits per heavy atom. The smallest absolute Gasteiger partial charge is 0.119 e. The number of benzene rings is 1. The van der Waals surface area contributed by atoms with Crippen molar-refractivity contribution in [2.75, 3.05) is 19.8 Å². The average Bonchev–Trinajstić information content (AvgIpc) is 2.46. The first-order valence-corrected chi connectivity index (χ1v) is 7.69. The molecule has 1 unspecified atom stereocenters. The van der Waals surface area contributed by atoms with Gasteiger partial charge in [-0.15, -0.1) is 0 Å². The van der Waals surface area contributed by atoms with Crippen LogP contribution in [0.25, 0.3) is 0 Å². The number of nitrogens with one attached hydrogen (secondary N) is 1. The molecule has 0 aliphatic heterocycles. The summed E-state index contributed by atoms with van der Waals surface area (Å²) in [4.78, 5) is 0. The first-order valence-electron chi connectivity index (χ1n) is 7.69. The number of β-amino-alcohol motifs (C(OH)–C–C–N with tert-alkyl or cyclic N) is 1. The first kappa shape index (κ1) is 18.0. The Labute approximate surface area is 128 Å². The minimum atomic E-state index is -0.602. The van der Waals surface area contributed by atoms with Crippen molar-refractivity contribution in [2.24, 2.45) is 0 Å². The monoisotopic (exact) mass is 295 g/mol. The van der Waals surface area contributed by atoms with Crippen LogP contribution < -0.4 is 10.1 Å². The third kappa shape index (κ3) is 5.65. The van der Waals surface area contributed by atoms with Crippen molar-refractivity contribution in [3.63, 3.8) is 0 Å². The lowest BCUT2D eigenvalue weighted by Crippen LogP contribution is -2.50. The van der Waals surface area contributed by atoms with E-state index < -0.39 is 6.10 Å². The average molecular weight is 295 g/mol. The zero-order chi connectivity index (χ0) is 15.9. The Hall–Kier alpha value is -1.10. The van der Waals surface area contributed by atoms with Gasteiger partial charge in [0.1, 0.15) is 18.5 Å². The highest BCUT2D eigenvalue weighted by atomic mass is 16.5. The number of rotatable bonds is 9. The van der Waals surface area contributed by atoms with Gasteiger partial charge in [-0.25, -0.2) is 0 Å². The van der Waals surface area contributed by atoms with Gasteiger partial charge < -0.3 is 20.3 Å². The summed E-state index contributed by atoms with van der Waals surface area (Å²) in [5.41, 5.74) is 1.99. The van der Waals surface area contributed by atoms with Crippen molar-refractivity contribution in [1.29, 1.82) is 0 Å². The normalized spacial score (nSPS) is 13.2. The van der Waals surface area contributed by atoms with Gasteiger partial charge in [0.2, 0.25) is 0 Å². The molecule has 0 heterocycles. The molecule has 0 saturated carbocycles. The van der Waals surface area contributed by atoms with Gasteiger partial charge in [-0.1, -0.05) is 19.9 Å². The van der Waals surface area contributed by atoms with E-state index in [-0.39, 0.29) is 18.8 Å².